The van der Waals surface area contributed by atoms with Crippen molar-refractivity contribution in [3.63, 3.8) is 0 Å². The van der Waals surface area contributed by atoms with Crippen molar-refractivity contribution in [3.05, 3.63) is 23.9 Å². The zero-order valence-corrected chi connectivity index (χ0v) is 9.54. The molecule has 0 aliphatic heterocycles. The zero-order chi connectivity index (χ0) is 11.3. The maximum atomic E-state index is 11.1. The third kappa shape index (κ3) is 3.68. The summed E-state index contributed by atoms with van der Waals surface area (Å²) in [6, 6.07) is 7.16. The Morgan fingerprint density at radius 2 is 2.40 bits per heavy atom. The van der Waals surface area contributed by atoms with Crippen LogP contribution in [0.25, 0.3) is 0 Å². The number of pyridine rings is 1. The first-order valence-electron chi connectivity index (χ1n) is 4.56. The topological polar surface area (TPSA) is 65.8 Å². The molecule has 2 unspecified atom stereocenters. The second-order valence-corrected chi connectivity index (χ2v) is 5.01. The molecule has 0 spiro atoms. The molecule has 4 nitrogen and oxygen atoms in total. The fourth-order valence-electron chi connectivity index (χ4n) is 0.961. The number of nitrogens with one attached hydrogen (secondary N) is 1. The molecular weight excluding hydrogens is 210 g/mol. The van der Waals surface area contributed by atoms with Gasteiger partial charge in [-0.25, -0.2) is 4.98 Å². The number of hydrogen-bond acceptors (Lipinski definition) is 4. The summed E-state index contributed by atoms with van der Waals surface area (Å²) >= 11 is 0. The highest BCUT2D eigenvalue weighted by molar-refractivity contribution is 7.84. The average Bonchev–Trinajstić information content (AvgIpc) is 2.26. The van der Waals surface area contributed by atoms with Crippen molar-refractivity contribution in [2.45, 2.75) is 12.2 Å². The number of aromatic nitrogens is 1. The molecule has 0 saturated carbocycles. The Bertz CT molecular complexity index is 400. The van der Waals surface area contributed by atoms with Crippen LogP contribution in [0, 0.1) is 11.3 Å². The molecule has 0 bridgehead atoms. The summed E-state index contributed by atoms with van der Waals surface area (Å²) in [4.78, 5) is 4.05. The molecule has 15 heavy (non-hydrogen) atoms. The fraction of sp³-hybridized carbons (Fsp3) is 0.400. The highest BCUT2D eigenvalue weighted by Crippen LogP contribution is 2.04. The van der Waals surface area contributed by atoms with Gasteiger partial charge in [0.05, 0.1) is 0 Å². The lowest BCUT2D eigenvalue weighted by molar-refractivity contribution is 0.679. The summed E-state index contributed by atoms with van der Waals surface area (Å²) in [5.74, 6) is 0.645. The molecule has 0 saturated heterocycles. The second-order valence-electron chi connectivity index (χ2n) is 3.21. The average molecular weight is 223 g/mol. The zero-order valence-electron chi connectivity index (χ0n) is 8.73. The molecule has 0 radical (unpaired) electrons. The molecule has 1 heterocycles. The van der Waals surface area contributed by atoms with Crippen LogP contribution in [-0.2, 0) is 10.8 Å². The van der Waals surface area contributed by atoms with Gasteiger partial charge >= 0.3 is 0 Å². The van der Waals surface area contributed by atoms with Gasteiger partial charge in [0.15, 0.2) is 0 Å². The van der Waals surface area contributed by atoms with Gasteiger partial charge in [-0.15, -0.1) is 0 Å². The third-order valence-electron chi connectivity index (χ3n) is 2.00. The molecule has 0 amide bonds. The minimum atomic E-state index is -0.846. The first-order chi connectivity index (χ1) is 7.13. The van der Waals surface area contributed by atoms with Crippen LogP contribution in [0.3, 0.4) is 0 Å². The van der Waals surface area contributed by atoms with Gasteiger partial charge in [-0.2, -0.15) is 5.26 Å². The predicted octanol–water partition coefficient (Wildman–Crippen LogP) is 1.13. The van der Waals surface area contributed by atoms with E-state index in [0.717, 1.165) is 0 Å². The van der Waals surface area contributed by atoms with Crippen molar-refractivity contribution >= 4 is 16.6 Å². The van der Waals surface area contributed by atoms with Gasteiger partial charge in [-0.05, 0) is 19.1 Å². The Labute approximate surface area is 91.8 Å². The van der Waals surface area contributed by atoms with Crippen molar-refractivity contribution < 1.29 is 4.21 Å². The van der Waals surface area contributed by atoms with Gasteiger partial charge in [0.2, 0.25) is 0 Å². The number of nitriles is 1. The molecule has 1 aromatic heterocycles. The number of hydrogen-bond donors (Lipinski definition) is 1. The van der Waals surface area contributed by atoms with E-state index in [1.54, 1.807) is 24.5 Å². The van der Waals surface area contributed by atoms with E-state index in [-0.39, 0.29) is 5.25 Å². The maximum Gasteiger partial charge on any atom is 0.142 e. The van der Waals surface area contributed by atoms with E-state index in [1.165, 1.54) is 0 Å². The van der Waals surface area contributed by atoms with Crippen LogP contribution < -0.4 is 5.32 Å². The van der Waals surface area contributed by atoms with E-state index in [4.69, 9.17) is 5.26 Å². The molecule has 1 aromatic rings. The quantitative estimate of drug-likeness (QED) is 0.831. The van der Waals surface area contributed by atoms with Crippen molar-refractivity contribution in [2.24, 2.45) is 0 Å². The summed E-state index contributed by atoms with van der Waals surface area (Å²) in [5, 5.41) is 11.8. The summed E-state index contributed by atoms with van der Waals surface area (Å²) in [6.45, 7) is 2.49. The Morgan fingerprint density at radius 1 is 1.67 bits per heavy atom. The third-order valence-corrected chi connectivity index (χ3v) is 3.30. The molecule has 2 atom stereocenters. The normalized spacial score (nSPS) is 13.9. The Kier molecular flexibility index (Phi) is 4.25. The second kappa shape index (κ2) is 5.47. The van der Waals surface area contributed by atoms with Gasteiger partial charge < -0.3 is 5.32 Å². The van der Waals surface area contributed by atoms with Crippen LogP contribution in [0.2, 0.25) is 0 Å². The van der Waals surface area contributed by atoms with Crippen molar-refractivity contribution in [1.82, 2.24) is 4.98 Å². The summed E-state index contributed by atoms with van der Waals surface area (Å²) in [7, 11) is -0.846. The molecule has 1 N–H and O–H groups in total. The standard InChI is InChI=1S/C10H13N3OS/c1-8(15(2)14)7-12-10-5-3-4-9(6-11)13-10/h3-5,8H,7H2,1-2H3,(H,12,13). The lowest BCUT2D eigenvalue weighted by atomic mass is 10.3. The predicted molar refractivity (Wildman–Crippen MR) is 61.0 cm³/mol. The lowest BCUT2D eigenvalue weighted by Gasteiger charge is -2.10. The molecular formula is C10H13N3OS. The number of rotatable bonds is 4. The fourth-order valence-corrected chi connectivity index (χ4v) is 1.28. The minimum Gasteiger partial charge on any atom is -0.369 e. The Hall–Kier alpha value is -1.41. The van der Waals surface area contributed by atoms with Crippen LogP contribution in [0.5, 0.6) is 0 Å². The van der Waals surface area contributed by atoms with E-state index in [2.05, 4.69) is 10.3 Å². The first kappa shape index (κ1) is 11.7. The molecule has 80 valence electrons. The van der Waals surface area contributed by atoms with Gasteiger partial charge in [-0.1, -0.05) is 6.07 Å². The Balaban J connectivity index is 2.58. The number of anilines is 1. The van der Waals surface area contributed by atoms with E-state index in [9.17, 15) is 4.21 Å². The van der Waals surface area contributed by atoms with Gasteiger partial charge in [0.25, 0.3) is 0 Å². The smallest absolute Gasteiger partial charge is 0.142 e. The molecule has 1 rings (SSSR count). The monoisotopic (exact) mass is 223 g/mol. The largest absolute Gasteiger partial charge is 0.369 e. The van der Waals surface area contributed by atoms with E-state index >= 15 is 0 Å². The van der Waals surface area contributed by atoms with Gasteiger partial charge in [0, 0.05) is 28.9 Å². The minimum absolute atomic E-state index is 0.0672. The van der Waals surface area contributed by atoms with Gasteiger partial charge in [-0.3, -0.25) is 4.21 Å². The maximum absolute atomic E-state index is 11.1. The summed E-state index contributed by atoms with van der Waals surface area (Å²) in [6.07, 6.45) is 1.67. The molecule has 0 fully saturated rings. The SMILES string of the molecule is CC(CNc1cccc(C#N)n1)S(C)=O. The van der Waals surface area contributed by atoms with Crippen molar-refractivity contribution in [3.8, 4) is 6.07 Å². The van der Waals surface area contributed by atoms with Crippen molar-refractivity contribution in [1.29, 1.82) is 5.26 Å². The van der Waals surface area contributed by atoms with E-state index < -0.39 is 10.8 Å². The van der Waals surface area contributed by atoms with Gasteiger partial charge in [0.1, 0.15) is 17.6 Å². The first-order valence-corrected chi connectivity index (χ1v) is 6.19. The molecule has 5 heteroatoms. The Morgan fingerprint density at radius 3 is 3.00 bits per heavy atom. The molecule has 0 aromatic carbocycles. The summed E-state index contributed by atoms with van der Waals surface area (Å²) in [5.41, 5.74) is 0.380. The van der Waals surface area contributed by atoms with Crippen LogP contribution in [0.4, 0.5) is 5.82 Å². The summed E-state index contributed by atoms with van der Waals surface area (Å²) < 4.78 is 11.1. The molecule has 0 aliphatic carbocycles. The number of nitrogens with zero attached hydrogens (tertiary/aromatic N) is 2. The molecule has 0 aliphatic rings. The van der Waals surface area contributed by atoms with Crippen LogP contribution in [-0.4, -0.2) is 27.2 Å². The van der Waals surface area contributed by atoms with Crippen LogP contribution in [0.1, 0.15) is 12.6 Å². The lowest BCUT2D eigenvalue weighted by Crippen LogP contribution is -2.21. The van der Waals surface area contributed by atoms with Crippen LogP contribution in [0.15, 0.2) is 18.2 Å². The van der Waals surface area contributed by atoms with E-state index in [1.807, 2.05) is 13.0 Å². The van der Waals surface area contributed by atoms with Crippen molar-refractivity contribution in [2.75, 3.05) is 18.1 Å². The highest BCUT2D eigenvalue weighted by atomic mass is 32.2. The van der Waals surface area contributed by atoms with E-state index in [0.29, 0.717) is 18.1 Å². The highest BCUT2D eigenvalue weighted by Gasteiger charge is 2.05. The van der Waals surface area contributed by atoms with Crippen LogP contribution >= 0.6 is 0 Å².